The molecule has 1 heterocycles. The van der Waals surface area contributed by atoms with Crippen LogP contribution >= 0.6 is 0 Å². The van der Waals surface area contributed by atoms with E-state index in [1.165, 1.54) is 24.8 Å². The first-order valence-electron chi connectivity index (χ1n) is 8.48. The lowest BCUT2D eigenvalue weighted by atomic mass is 9.75. The van der Waals surface area contributed by atoms with Gasteiger partial charge in [0, 0.05) is 0 Å². The Morgan fingerprint density at radius 2 is 1.73 bits per heavy atom. The molecule has 1 aromatic rings. The van der Waals surface area contributed by atoms with Crippen LogP contribution in [-0.4, -0.2) is 18.3 Å². The standard InChI is InChI=1S/C19H27BO2/c1-18(2)19(3,4)22-20(21-18)14-17-12-8-11-16(17)13-15-9-6-5-7-10-15/h5-7,9-10,13,17H,8,11-12,14H2,1-4H3/b16-13+. The molecular formula is C19H27BO2. The number of rotatable bonds is 3. The third kappa shape index (κ3) is 3.16. The Morgan fingerprint density at radius 3 is 2.36 bits per heavy atom. The second kappa shape index (κ2) is 5.86. The summed E-state index contributed by atoms with van der Waals surface area (Å²) in [4.78, 5) is 0. The zero-order chi connectivity index (χ0) is 15.8. The predicted octanol–water partition coefficient (Wildman–Crippen LogP) is 4.96. The van der Waals surface area contributed by atoms with Gasteiger partial charge < -0.3 is 9.31 Å². The van der Waals surface area contributed by atoms with Crippen LogP contribution in [0.25, 0.3) is 6.08 Å². The van der Waals surface area contributed by atoms with Crippen molar-refractivity contribution in [3.63, 3.8) is 0 Å². The summed E-state index contributed by atoms with van der Waals surface area (Å²) in [6.45, 7) is 8.51. The molecule has 1 saturated carbocycles. The summed E-state index contributed by atoms with van der Waals surface area (Å²) in [6, 6.07) is 10.6. The van der Waals surface area contributed by atoms with E-state index in [1.54, 1.807) is 5.57 Å². The zero-order valence-electron chi connectivity index (χ0n) is 14.3. The van der Waals surface area contributed by atoms with Crippen LogP contribution in [0.3, 0.4) is 0 Å². The van der Waals surface area contributed by atoms with Crippen molar-refractivity contribution in [3.05, 3.63) is 41.5 Å². The average molecular weight is 298 g/mol. The first-order valence-corrected chi connectivity index (χ1v) is 8.48. The smallest absolute Gasteiger partial charge is 0.403 e. The molecule has 1 aliphatic heterocycles. The molecule has 22 heavy (non-hydrogen) atoms. The van der Waals surface area contributed by atoms with Gasteiger partial charge in [0.1, 0.15) is 0 Å². The minimum absolute atomic E-state index is 0.0766. The van der Waals surface area contributed by atoms with Crippen molar-refractivity contribution in [1.82, 2.24) is 0 Å². The van der Waals surface area contributed by atoms with Gasteiger partial charge in [-0.3, -0.25) is 0 Å². The molecule has 2 aliphatic rings. The lowest BCUT2D eigenvalue weighted by molar-refractivity contribution is 0.00578. The Bertz CT molecular complexity index is 532. The van der Waals surface area contributed by atoms with Crippen LogP contribution in [0.5, 0.6) is 0 Å². The molecule has 0 bridgehead atoms. The maximum absolute atomic E-state index is 6.18. The topological polar surface area (TPSA) is 18.5 Å². The molecular weight excluding hydrogens is 271 g/mol. The van der Waals surface area contributed by atoms with Crippen LogP contribution in [0.4, 0.5) is 0 Å². The molecule has 0 amide bonds. The minimum Gasteiger partial charge on any atom is -0.403 e. The lowest BCUT2D eigenvalue weighted by Gasteiger charge is -2.32. The second-order valence-corrected chi connectivity index (χ2v) is 7.64. The zero-order valence-corrected chi connectivity index (χ0v) is 14.3. The van der Waals surface area contributed by atoms with Gasteiger partial charge in [-0.05, 0) is 64.8 Å². The van der Waals surface area contributed by atoms with Gasteiger partial charge in [-0.25, -0.2) is 0 Å². The van der Waals surface area contributed by atoms with Gasteiger partial charge in [0.15, 0.2) is 0 Å². The average Bonchev–Trinajstić information content (AvgIpc) is 2.93. The van der Waals surface area contributed by atoms with Gasteiger partial charge in [0.25, 0.3) is 0 Å². The molecule has 1 saturated heterocycles. The van der Waals surface area contributed by atoms with Crippen LogP contribution in [-0.2, 0) is 9.31 Å². The van der Waals surface area contributed by atoms with Crippen molar-refractivity contribution in [3.8, 4) is 0 Å². The summed E-state index contributed by atoms with van der Waals surface area (Å²) in [5.41, 5.74) is 2.42. The van der Waals surface area contributed by atoms with E-state index < -0.39 is 0 Å². The van der Waals surface area contributed by atoms with E-state index in [9.17, 15) is 0 Å². The van der Waals surface area contributed by atoms with E-state index in [2.05, 4.69) is 64.1 Å². The van der Waals surface area contributed by atoms with Gasteiger partial charge in [-0.15, -0.1) is 0 Å². The molecule has 2 fully saturated rings. The fourth-order valence-electron chi connectivity index (χ4n) is 3.46. The summed E-state index contributed by atoms with van der Waals surface area (Å²) < 4.78 is 12.4. The van der Waals surface area contributed by atoms with Crippen molar-refractivity contribution in [2.45, 2.75) is 64.5 Å². The number of benzene rings is 1. The molecule has 0 spiro atoms. The summed E-state index contributed by atoms with van der Waals surface area (Å²) in [5.74, 6) is 0.593. The molecule has 1 atom stereocenters. The summed E-state index contributed by atoms with van der Waals surface area (Å²) in [5, 5.41) is 0. The third-order valence-electron chi connectivity index (χ3n) is 5.47. The van der Waals surface area contributed by atoms with E-state index in [0.717, 1.165) is 6.32 Å². The van der Waals surface area contributed by atoms with Gasteiger partial charge in [-0.1, -0.05) is 42.0 Å². The van der Waals surface area contributed by atoms with Crippen molar-refractivity contribution < 1.29 is 9.31 Å². The van der Waals surface area contributed by atoms with E-state index in [-0.39, 0.29) is 18.3 Å². The first kappa shape index (κ1) is 15.8. The number of hydrogen-bond acceptors (Lipinski definition) is 2. The van der Waals surface area contributed by atoms with Crippen molar-refractivity contribution in [1.29, 1.82) is 0 Å². The fraction of sp³-hybridized carbons (Fsp3) is 0.579. The van der Waals surface area contributed by atoms with Crippen LogP contribution in [0, 0.1) is 5.92 Å². The maximum Gasteiger partial charge on any atom is 0.458 e. The Hall–Kier alpha value is -1.06. The maximum atomic E-state index is 6.18. The third-order valence-corrected chi connectivity index (χ3v) is 5.47. The molecule has 0 N–H and O–H groups in total. The predicted molar refractivity (Wildman–Crippen MR) is 92.6 cm³/mol. The van der Waals surface area contributed by atoms with E-state index in [1.807, 2.05) is 0 Å². The Morgan fingerprint density at radius 1 is 1.09 bits per heavy atom. The summed E-state index contributed by atoms with van der Waals surface area (Å²) in [6.07, 6.45) is 7.08. The summed E-state index contributed by atoms with van der Waals surface area (Å²) in [7, 11) is -0.0766. The van der Waals surface area contributed by atoms with Gasteiger partial charge in [-0.2, -0.15) is 0 Å². The summed E-state index contributed by atoms with van der Waals surface area (Å²) >= 11 is 0. The number of hydrogen-bond donors (Lipinski definition) is 0. The van der Waals surface area contributed by atoms with Crippen molar-refractivity contribution in [2.75, 3.05) is 0 Å². The highest BCUT2D eigenvalue weighted by molar-refractivity contribution is 6.45. The van der Waals surface area contributed by atoms with Crippen LogP contribution in [0.15, 0.2) is 35.9 Å². The second-order valence-electron chi connectivity index (χ2n) is 7.64. The first-order chi connectivity index (χ1) is 10.4. The highest BCUT2D eigenvalue weighted by atomic mass is 16.7. The van der Waals surface area contributed by atoms with Gasteiger partial charge in [0.2, 0.25) is 0 Å². The lowest BCUT2D eigenvalue weighted by Crippen LogP contribution is -2.41. The largest absolute Gasteiger partial charge is 0.458 e. The van der Waals surface area contributed by atoms with Crippen LogP contribution in [0.2, 0.25) is 6.32 Å². The normalized spacial score (nSPS) is 28.5. The van der Waals surface area contributed by atoms with Gasteiger partial charge in [0.05, 0.1) is 11.2 Å². The molecule has 0 aromatic heterocycles. The molecule has 1 aliphatic carbocycles. The Labute approximate surface area is 135 Å². The Kier molecular flexibility index (Phi) is 4.22. The minimum atomic E-state index is -0.223. The molecule has 3 heteroatoms. The highest BCUT2D eigenvalue weighted by Crippen LogP contribution is 2.42. The molecule has 2 nitrogen and oxygen atoms in total. The van der Waals surface area contributed by atoms with E-state index >= 15 is 0 Å². The van der Waals surface area contributed by atoms with Crippen LogP contribution in [0.1, 0.15) is 52.5 Å². The van der Waals surface area contributed by atoms with E-state index in [4.69, 9.17) is 9.31 Å². The SMILES string of the molecule is CC1(C)OB(CC2CCC/C2=C\c2ccccc2)OC1(C)C. The molecule has 0 radical (unpaired) electrons. The Balaban J connectivity index is 1.69. The molecule has 1 unspecified atom stereocenters. The molecule has 118 valence electrons. The molecule has 1 aromatic carbocycles. The number of allylic oxidation sites excluding steroid dienone is 1. The van der Waals surface area contributed by atoms with Crippen molar-refractivity contribution >= 4 is 13.2 Å². The van der Waals surface area contributed by atoms with Gasteiger partial charge >= 0.3 is 7.12 Å². The van der Waals surface area contributed by atoms with Crippen LogP contribution < -0.4 is 0 Å². The van der Waals surface area contributed by atoms with E-state index in [0.29, 0.717) is 5.92 Å². The quantitative estimate of drug-likeness (QED) is 0.734. The highest BCUT2D eigenvalue weighted by Gasteiger charge is 2.51. The van der Waals surface area contributed by atoms with Crippen molar-refractivity contribution in [2.24, 2.45) is 5.92 Å². The monoisotopic (exact) mass is 298 g/mol. The fourth-order valence-corrected chi connectivity index (χ4v) is 3.46. The molecule has 3 rings (SSSR count).